The number of aromatic nitrogens is 1. The van der Waals surface area contributed by atoms with E-state index < -0.39 is 5.91 Å². The van der Waals surface area contributed by atoms with Crippen molar-refractivity contribution in [3.8, 4) is 0 Å². The summed E-state index contributed by atoms with van der Waals surface area (Å²) >= 11 is 0. The molecule has 0 aliphatic rings. The van der Waals surface area contributed by atoms with Crippen LogP contribution < -0.4 is 10.6 Å². The van der Waals surface area contributed by atoms with Crippen LogP contribution in [0.5, 0.6) is 0 Å². The van der Waals surface area contributed by atoms with Gasteiger partial charge in [-0.2, -0.15) is 0 Å². The van der Waals surface area contributed by atoms with Gasteiger partial charge in [-0.15, -0.1) is 0 Å². The molecule has 3 aromatic rings. The molecule has 3 rings (SSSR count). The van der Waals surface area contributed by atoms with Gasteiger partial charge >= 0.3 is 0 Å². The second-order valence-corrected chi connectivity index (χ2v) is 5.34. The fourth-order valence-corrected chi connectivity index (χ4v) is 2.33. The van der Waals surface area contributed by atoms with E-state index in [1.54, 1.807) is 36.4 Å². The standard InChI is InChI=1S/C18H17N3O3/c1-3-19-17(22)12-5-4-6-13(9-12)21-18(23)16-10-14-15(24-16)8-7-11(2)20-14/h4-10H,3H2,1-2H3,(H,19,22)(H,21,23). The maximum Gasteiger partial charge on any atom is 0.291 e. The highest BCUT2D eigenvalue weighted by Crippen LogP contribution is 2.19. The Balaban J connectivity index is 1.80. The largest absolute Gasteiger partial charge is 0.449 e. The molecule has 24 heavy (non-hydrogen) atoms. The Morgan fingerprint density at radius 2 is 1.96 bits per heavy atom. The Hall–Kier alpha value is -3.15. The third kappa shape index (κ3) is 3.27. The van der Waals surface area contributed by atoms with Gasteiger partial charge in [0.2, 0.25) is 0 Å². The number of amides is 2. The minimum atomic E-state index is -0.390. The van der Waals surface area contributed by atoms with Crippen LogP contribution in [0.15, 0.2) is 46.9 Å². The molecule has 2 N–H and O–H groups in total. The lowest BCUT2D eigenvalue weighted by Gasteiger charge is -2.06. The van der Waals surface area contributed by atoms with Gasteiger partial charge in [0.15, 0.2) is 11.3 Å². The number of anilines is 1. The van der Waals surface area contributed by atoms with Crippen molar-refractivity contribution in [3.05, 3.63) is 59.5 Å². The highest BCUT2D eigenvalue weighted by molar-refractivity contribution is 6.05. The van der Waals surface area contributed by atoms with Crippen LogP contribution in [0.1, 0.15) is 33.5 Å². The van der Waals surface area contributed by atoms with Crippen LogP contribution in [0, 0.1) is 6.92 Å². The molecule has 2 amide bonds. The topological polar surface area (TPSA) is 84.2 Å². The zero-order valence-electron chi connectivity index (χ0n) is 13.4. The summed E-state index contributed by atoms with van der Waals surface area (Å²) in [5, 5.41) is 5.45. The zero-order valence-corrected chi connectivity index (χ0v) is 13.4. The normalized spacial score (nSPS) is 10.6. The average molecular weight is 323 g/mol. The quantitative estimate of drug-likeness (QED) is 0.772. The molecule has 2 heterocycles. The fraction of sp³-hybridized carbons (Fsp3) is 0.167. The lowest BCUT2D eigenvalue weighted by Crippen LogP contribution is -2.22. The maximum atomic E-state index is 12.3. The van der Waals surface area contributed by atoms with Crippen molar-refractivity contribution in [2.45, 2.75) is 13.8 Å². The Kier molecular flexibility index (Phi) is 4.29. The van der Waals surface area contributed by atoms with Crippen molar-refractivity contribution in [1.82, 2.24) is 10.3 Å². The van der Waals surface area contributed by atoms with Crippen molar-refractivity contribution in [2.75, 3.05) is 11.9 Å². The number of nitrogens with one attached hydrogen (secondary N) is 2. The summed E-state index contributed by atoms with van der Waals surface area (Å²) in [5.74, 6) is -0.401. The van der Waals surface area contributed by atoms with Gasteiger partial charge < -0.3 is 15.1 Å². The highest BCUT2D eigenvalue weighted by Gasteiger charge is 2.14. The first kappa shape index (κ1) is 15.7. The molecule has 0 saturated heterocycles. The van der Waals surface area contributed by atoms with E-state index in [1.165, 1.54) is 0 Å². The zero-order chi connectivity index (χ0) is 17.1. The molecule has 0 atom stereocenters. The molecule has 2 aromatic heterocycles. The first-order valence-corrected chi connectivity index (χ1v) is 7.63. The van der Waals surface area contributed by atoms with Gasteiger partial charge in [-0.25, -0.2) is 4.98 Å². The summed E-state index contributed by atoms with van der Waals surface area (Å²) in [7, 11) is 0. The predicted octanol–water partition coefficient (Wildman–Crippen LogP) is 3.14. The van der Waals surface area contributed by atoms with E-state index in [2.05, 4.69) is 15.6 Å². The second kappa shape index (κ2) is 6.54. The lowest BCUT2D eigenvalue weighted by atomic mass is 10.2. The van der Waals surface area contributed by atoms with Gasteiger partial charge in [0, 0.05) is 29.6 Å². The summed E-state index contributed by atoms with van der Waals surface area (Å²) in [5.41, 5.74) is 3.05. The van der Waals surface area contributed by atoms with Gasteiger partial charge in [0.05, 0.1) is 0 Å². The Bertz CT molecular complexity index is 915. The van der Waals surface area contributed by atoms with Gasteiger partial charge in [-0.05, 0) is 44.2 Å². The first-order chi connectivity index (χ1) is 11.6. The number of carbonyl (C=O) groups excluding carboxylic acids is 2. The molecule has 6 nitrogen and oxygen atoms in total. The smallest absolute Gasteiger partial charge is 0.291 e. The molecule has 0 aliphatic carbocycles. The second-order valence-electron chi connectivity index (χ2n) is 5.34. The molecular formula is C18H17N3O3. The van der Waals surface area contributed by atoms with Crippen LogP contribution in [0.3, 0.4) is 0 Å². The molecule has 0 bridgehead atoms. The number of rotatable bonds is 4. The fourth-order valence-electron chi connectivity index (χ4n) is 2.33. The van der Waals surface area contributed by atoms with E-state index >= 15 is 0 Å². The molecule has 0 aliphatic heterocycles. The van der Waals surface area contributed by atoms with Crippen LogP contribution >= 0.6 is 0 Å². The molecule has 0 fully saturated rings. The van der Waals surface area contributed by atoms with E-state index in [1.807, 2.05) is 19.9 Å². The number of nitrogens with zero attached hydrogens (tertiary/aromatic N) is 1. The number of hydrogen-bond acceptors (Lipinski definition) is 4. The van der Waals surface area contributed by atoms with E-state index in [9.17, 15) is 9.59 Å². The number of carbonyl (C=O) groups is 2. The predicted molar refractivity (Wildman–Crippen MR) is 91.1 cm³/mol. The van der Waals surface area contributed by atoms with Crippen molar-refractivity contribution in [3.63, 3.8) is 0 Å². The Labute approximate surface area is 138 Å². The maximum absolute atomic E-state index is 12.3. The minimum absolute atomic E-state index is 0.173. The first-order valence-electron chi connectivity index (χ1n) is 7.63. The average Bonchev–Trinajstić information content (AvgIpc) is 2.98. The summed E-state index contributed by atoms with van der Waals surface area (Å²) in [6, 6.07) is 11.9. The van der Waals surface area contributed by atoms with Crippen molar-refractivity contribution < 1.29 is 14.0 Å². The summed E-state index contributed by atoms with van der Waals surface area (Å²) in [6.07, 6.45) is 0. The number of pyridine rings is 1. The van der Waals surface area contributed by atoms with Crippen molar-refractivity contribution in [2.24, 2.45) is 0 Å². The molecule has 0 radical (unpaired) electrons. The third-order valence-electron chi connectivity index (χ3n) is 3.46. The Morgan fingerprint density at radius 3 is 2.75 bits per heavy atom. The van der Waals surface area contributed by atoms with E-state index in [-0.39, 0.29) is 11.7 Å². The van der Waals surface area contributed by atoms with Gasteiger partial charge in [0.1, 0.15) is 5.52 Å². The lowest BCUT2D eigenvalue weighted by molar-refractivity contribution is 0.0953. The van der Waals surface area contributed by atoms with E-state index in [4.69, 9.17) is 4.42 Å². The van der Waals surface area contributed by atoms with Gasteiger partial charge in [0.25, 0.3) is 11.8 Å². The van der Waals surface area contributed by atoms with E-state index in [0.717, 1.165) is 5.69 Å². The van der Waals surface area contributed by atoms with Crippen LogP contribution in [0.4, 0.5) is 5.69 Å². The van der Waals surface area contributed by atoms with E-state index in [0.29, 0.717) is 28.9 Å². The number of hydrogen-bond donors (Lipinski definition) is 2. The SMILES string of the molecule is CCNC(=O)c1cccc(NC(=O)c2cc3nc(C)ccc3o2)c1. The summed E-state index contributed by atoms with van der Waals surface area (Å²) in [6.45, 7) is 4.26. The van der Waals surface area contributed by atoms with Crippen LogP contribution in [-0.2, 0) is 0 Å². The third-order valence-corrected chi connectivity index (χ3v) is 3.46. The Morgan fingerprint density at radius 1 is 1.12 bits per heavy atom. The van der Waals surface area contributed by atoms with Gasteiger partial charge in [-0.1, -0.05) is 6.07 Å². The summed E-state index contributed by atoms with van der Waals surface area (Å²) in [4.78, 5) is 28.5. The van der Waals surface area contributed by atoms with Crippen molar-refractivity contribution >= 4 is 28.6 Å². The summed E-state index contributed by atoms with van der Waals surface area (Å²) < 4.78 is 5.52. The molecule has 6 heteroatoms. The monoisotopic (exact) mass is 323 g/mol. The number of benzene rings is 1. The molecule has 122 valence electrons. The molecule has 0 unspecified atom stereocenters. The number of furan rings is 1. The minimum Gasteiger partial charge on any atom is -0.449 e. The highest BCUT2D eigenvalue weighted by atomic mass is 16.3. The van der Waals surface area contributed by atoms with Crippen LogP contribution in [0.25, 0.3) is 11.1 Å². The number of fused-ring (bicyclic) bond motifs is 1. The molecule has 1 aromatic carbocycles. The van der Waals surface area contributed by atoms with Crippen LogP contribution in [-0.4, -0.2) is 23.3 Å². The van der Waals surface area contributed by atoms with Crippen LogP contribution in [0.2, 0.25) is 0 Å². The van der Waals surface area contributed by atoms with Gasteiger partial charge in [-0.3, -0.25) is 9.59 Å². The van der Waals surface area contributed by atoms with Crippen molar-refractivity contribution in [1.29, 1.82) is 0 Å². The number of aryl methyl sites for hydroxylation is 1. The molecule has 0 saturated carbocycles. The molecule has 0 spiro atoms. The molecular weight excluding hydrogens is 306 g/mol.